The Morgan fingerprint density at radius 2 is 1.94 bits per heavy atom. The maximum atomic E-state index is 12.4. The van der Waals surface area contributed by atoms with Crippen LogP contribution >= 0.6 is 0 Å². The van der Waals surface area contributed by atoms with E-state index >= 15 is 0 Å². The lowest BCUT2D eigenvalue weighted by Gasteiger charge is -2.08. The summed E-state index contributed by atoms with van der Waals surface area (Å²) >= 11 is 0. The van der Waals surface area contributed by atoms with Crippen LogP contribution in [0.15, 0.2) is 24.3 Å². The van der Waals surface area contributed by atoms with E-state index in [4.69, 9.17) is 5.73 Å². The Hall–Kier alpha value is -1.62. The molecule has 0 bridgehead atoms. The molecule has 0 aliphatic heterocycles. The van der Waals surface area contributed by atoms with Gasteiger partial charge in [0.2, 0.25) is 0 Å². The van der Waals surface area contributed by atoms with Crippen LogP contribution in [0.1, 0.15) is 27.9 Å². The molecule has 5 heteroatoms. The molecule has 0 saturated carbocycles. The molecule has 0 aromatic heterocycles. The summed E-state index contributed by atoms with van der Waals surface area (Å²) in [4.78, 5) is 10.7. The number of carbonyl (C=O) groups is 1. The SMILES string of the molecule is NCCC=Cc1ccc(C(F)(F)F)cc1C=O. The number of rotatable bonds is 4. The van der Waals surface area contributed by atoms with E-state index < -0.39 is 11.7 Å². The van der Waals surface area contributed by atoms with Gasteiger partial charge in [-0.1, -0.05) is 18.2 Å². The van der Waals surface area contributed by atoms with Crippen LogP contribution in [-0.2, 0) is 6.18 Å². The van der Waals surface area contributed by atoms with Crippen LogP contribution in [0.2, 0.25) is 0 Å². The predicted octanol–water partition coefficient (Wildman–Crippen LogP) is 2.88. The molecule has 0 aliphatic rings. The zero-order valence-electron chi connectivity index (χ0n) is 9.00. The molecule has 2 nitrogen and oxygen atoms in total. The van der Waals surface area contributed by atoms with Crippen molar-refractivity contribution in [1.29, 1.82) is 0 Å². The molecule has 0 amide bonds. The summed E-state index contributed by atoms with van der Waals surface area (Å²) in [5, 5.41) is 0. The van der Waals surface area contributed by atoms with E-state index in [-0.39, 0.29) is 5.56 Å². The van der Waals surface area contributed by atoms with Gasteiger partial charge in [0, 0.05) is 5.56 Å². The van der Waals surface area contributed by atoms with Crippen molar-refractivity contribution in [2.45, 2.75) is 12.6 Å². The molecule has 0 saturated heterocycles. The fourth-order valence-corrected chi connectivity index (χ4v) is 1.31. The molecular formula is C12H12F3NO. The van der Waals surface area contributed by atoms with E-state index in [2.05, 4.69) is 0 Å². The van der Waals surface area contributed by atoms with Gasteiger partial charge in [-0.05, 0) is 30.7 Å². The summed E-state index contributed by atoms with van der Waals surface area (Å²) in [6, 6.07) is 3.07. The number of hydrogen-bond donors (Lipinski definition) is 1. The van der Waals surface area contributed by atoms with E-state index in [0.29, 0.717) is 24.8 Å². The average Bonchev–Trinajstić information content (AvgIpc) is 2.28. The van der Waals surface area contributed by atoms with Gasteiger partial charge in [-0.15, -0.1) is 0 Å². The fraction of sp³-hybridized carbons (Fsp3) is 0.250. The molecule has 17 heavy (non-hydrogen) atoms. The van der Waals surface area contributed by atoms with Crippen LogP contribution in [-0.4, -0.2) is 12.8 Å². The molecule has 0 radical (unpaired) electrons. The summed E-state index contributed by atoms with van der Waals surface area (Å²) in [5.74, 6) is 0. The maximum absolute atomic E-state index is 12.4. The number of aldehydes is 1. The third kappa shape index (κ3) is 3.71. The number of hydrogen-bond acceptors (Lipinski definition) is 2. The number of alkyl halides is 3. The second-order valence-electron chi connectivity index (χ2n) is 3.44. The summed E-state index contributed by atoms with van der Waals surface area (Å²) in [6.07, 6.45) is -0.0969. The number of carbonyl (C=O) groups excluding carboxylic acids is 1. The Balaban J connectivity index is 3.06. The van der Waals surface area contributed by atoms with Crippen molar-refractivity contribution in [2.75, 3.05) is 6.54 Å². The monoisotopic (exact) mass is 243 g/mol. The fourth-order valence-electron chi connectivity index (χ4n) is 1.31. The van der Waals surface area contributed by atoms with E-state index in [9.17, 15) is 18.0 Å². The highest BCUT2D eigenvalue weighted by molar-refractivity contribution is 5.82. The minimum atomic E-state index is -4.43. The molecule has 0 atom stereocenters. The minimum absolute atomic E-state index is 0.0214. The van der Waals surface area contributed by atoms with Crippen LogP contribution < -0.4 is 5.73 Å². The van der Waals surface area contributed by atoms with E-state index in [1.54, 1.807) is 12.2 Å². The van der Waals surface area contributed by atoms with Gasteiger partial charge in [0.25, 0.3) is 0 Å². The standard InChI is InChI=1S/C12H12F3NO/c13-12(14,15)11-5-4-9(3-1-2-6-16)10(7-11)8-17/h1,3-5,7-8H,2,6,16H2. The summed E-state index contributed by atoms with van der Waals surface area (Å²) in [5.41, 5.74) is 4.93. The van der Waals surface area contributed by atoms with Crippen molar-refractivity contribution in [3.05, 3.63) is 41.0 Å². The Labute approximate surface area is 96.9 Å². The zero-order chi connectivity index (χ0) is 12.9. The molecule has 0 unspecified atom stereocenters. The van der Waals surface area contributed by atoms with Crippen molar-refractivity contribution in [1.82, 2.24) is 0 Å². The Morgan fingerprint density at radius 1 is 1.24 bits per heavy atom. The van der Waals surface area contributed by atoms with Gasteiger partial charge in [0.15, 0.2) is 6.29 Å². The van der Waals surface area contributed by atoms with Crippen LogP contribution in [0.5, 0.6) is 0 Å². The van der Waals surface area contributed by atoms with E-state index in [1.165, 1.54) is 6.07 Å². The number of nitrogens with two attached hydrogens (primary N) is 1. The molecule has 2 N–H and O–H groups in total. The van der Waals surface area contributed by atoms with Gasteiger partial charge in [-0.3, -0.25) is 4.79 Å². The second kappa shape index (κ2) is 5.63. The van der Waals surface area contributed by atoms with Crippen LogP contribution in [0.3, 0.4) is 0 Å². The third-order valence-electron chi connectivity index (χ3n) is 2.17. The first kappa shape index (κ1) is 13.4. The highest BCUT2D eigenvalue weighted by atomic mass is 19.4. The van der Waals surface area contributed by atoms with Crippen molar-refractivity contribution < 1.29 is 18.0 Å². The van der Waals surface area contributed by atoms with Gasteiger partial charge in [-0.25, -0.2) is 0 Å². The molecule has 1 aromatic rings. The first-order chi connectivity index (χ1) is 7.99. The normalized spacial score (nSPS) is 12.0. The molecule has 0 fully saturated rings. The quantitative estimate of drug-likeness (QED) is 0.826. The van der Waals surface area contributed by atoms with Crippen molar-refractivity contribution in [3.63, 3.8) is 0 Å². The Morgan fingerprint density at radius 3 is 2.47 bits per heavy atom. The van der Waals surface area contributed by atoms with Gasteiger partial charge in [0.05, 0.1) is 5.56 Å². The third-order valence-corrected chi connectivity index (χ3v) is 2.17. The number of halogens is 3. The molecule has 0 spiro atoms. The lowest BCUT2D eigenvalue weighted by Crippen LogP contribution is -2.06. The second-order valence-corrected chi connectivity index (χ2v) is 3.44. The van der Waals surface area contributed by atoms with Crippen LogP contribution in [0, 0.1) is 0 Å². The van der Waals surface area contributed by atoms with Crippen molar-refractivity contribution >= 4 is 12.4 Å². The van der Waals surface area contributed by atoms with Crippen molar-refractivity contribution in [3.8, 4) is 0 Å². The van der Waals surface area contributed by atoms with Crippen molar-refractivity contribution in [2.24, 2.45) is 5.73 Å². The molecule has 0 heterocycles. The smallest absolute Gasteiger partial charge is 0.330 e. The van der Waals surface area contributed by atoms with Gasteiger partial charge in [-0.2, -0.15) is 13.2 Å². The summed E-state index contributed by atoms with van der Waals surface area (Å²) in [7, 11) is 0. The molecule has 92 valence electrons. The lowest BCUT2D eigenvalue weighted by atomic mass is 10.0. The highest BCUT2D eigenvalue weighted by Gasteiger charge is 2.30. The van der Waals surface area contributed by atoms with Crippen LogP contribution in [0.25, 0.3) is 6.08 Å². The predicted molar refractivity (Wildman–Crippen MR) is 59.5 cm³/mol. The molecule has 1 rings (SSSR count). The van der Waals surface area contributed by atoms with E-state index in [0.717, 1.165) is 12.1 Å². The molecule has 0 aliphatic carbocycles. The van der Waals surface area contributed by atoms with E-state index in [1.807, 2.05) is 0 Å². The minimum Gasteiger partial charge on any atom is -0.330 e. The summed E-state index contributed by atoms with van der Waals surface area (Å²) in [6.45, 7) is 0.452. The van der Waals surface area contributed by atoms with Gasteiger partial charge < -0.3 is 5.73 Å². The van der Waals surface area contributed by atoms with Crippen LogP contribution in [0.4, 0.5) is 13.2 Å². The molecular weight excluding hydrogens is 231 g/mol. The first-order valence-electron chi connectivity index (χ1n) is 5.02. The zero-order valence-corrected chi connectivity index (χ0v) is 9.00. The largest absolute Gasteiger partial charge is 0.416 e. The Bertz CT molecular complexity index is 424. The molecule has 1 aromatic carbocycles. The van der Waals surface area contributed by atoms with Gasteiger partial charge >= 0.3 is 6.18 Å². The number of benzene rings is 1. The highest BCUT2D eigenvalue weighted by Crippen LogP contribution is 2.30. The van der Waals surface area contributed by atoms with Gasteiger partial charge in [0.1, 0.15) is 0 Å². The Kier molecular flexibility index (Phi) is 4.45. The first-order valence-corrected chi connectivity index (χ1v) is 5.02. The summed E-state index contributed by atoms with van der Waals surface area (Å²) < 4.78 is 37.2. The topological polar surface area (TPSA) is 43.1 Å². The average molecular weight is 243 g/mol. The maximum Gasteiger partial charge on any atom is 0.416 e. The lowest BCUT2D eigenvalue weighted by molar-refractivity contribution is -0.137.